The van der Waals surface area contributed by atoms with Crippen LogP contribution in [0.15, 0.2) is 18.3 Å². The number of H-pyrrole nitrogens is 1. The number of hydrogen-bond acceptors (Lipinski definition) is 4. The Balaban J connectivity index is 1.44. The van der Waals surface area contributed by atoms with Gasteiger partial charge in [0, 0.05) is 30.0 Å². The number of aromatic amines is 1. The summed E-state index contributed by atoms with van der Waals surface area (Å²) in [5.41, 5.74) is 4.57. The Hall–Kier alpha value is -2.30. The second-order valence-electron chi connectivity index (χ2n) is 8.71. The number of allylic oxidation sites excluding steroid dienone is 1. The van der Waals surface area contributed by atoms with Crippen molar-refractivity contribution < 1.29 is 0 Å². The number of anilines is 2. The summed E-state index contributed by atoms with van der Waals surface area (Å²) in [4.78, 5) is 13.1. The summed E-state index contributed by atoms with van der Waals surface area (Å²) in [7, 11) is 0. The van der Waals surface area contributed by atoms with E-state index in [0.29, 0.717) is 12.1 Å². The summed E-state index contributed by atoms with van der Waals surface area (Å²) in [5.74, 6) is 2.78. The van der Waals surface area contributed by atoms with Crippen LogP contribution in [0.2, 0.25) is 0 Å². The van der Waals surface area contributed by atoms with Gasteiger partial charge in [0.2, 0.25) is 0 Å². The van der Waals surface area contributed by atoms with Gasteiger partial charge in [0.1, 0.15) is 11.6 Å². The Labute approximate surface area is 167 Å². The molecule has 148 valence electrons. The Kier molecular flexibility index (Phi) is 4.83. The molecule has 2 aromatic heterocycles. The van der Waals surface area contributed by atoms with Crippen molar-refractivity contribution in [3.8, 4) is 11.4 Å². The second kappa shape index (κ2) is 7.61. The van der Waals surface area contributed by atoms with Crippen molar-refractivity contribution in [1.82, 2.24) is 15.0 Å². The minimum atomic E-state index is 0.548. The summed E-state index contributed by atoms with van der Waals surface area (Å²) in [6.07, 6.45) is 17.4. The first-order valence-corrected chi connectivity index (χ1v) is 11.1. The molecule has 5 nitrogen and oxygen atoms in total. The Morgan fingerprint density at radius 1 is 1.14 bits per heavy atom. The minimum Gasteiger partial charge on any atom is -0.382 e. The molecule has 0 amide bonds. The molecule has 5 heteroatoms. The maximum atomic E-state index is 4.86. The van der Waals surface area contributed by atoms with Crippen molar-refractivity contribution >= 4 is 17.6 Å². The average molecular weight is 378 g/mol. The van der Waals surface area contributed by atoms with Gasteiger partial charge in [-0.3, -0.25) is 0 Å². The molecule has 0 aliphatic heterocycles. The first-order chi connectivity index (χ1) is 13.8. The molecule has 0 aromatic carbocycles. The molecule has 2 fully saturated rings. The normalized spacial score (nSPS) is 24.0. The fourth-order valence-corrected chi connectivity index (χ4v) is 4.70. The maximum Gasteiger partial charge on any atom is 0.141 e. The molecular weight excluding hydrogens is 346 g/mol. The molecule has 2 unspecified atom stereocenters. The van der Waals surface area contributed by atoms with Crippen LogP contribution in [0, 0.1) is 5.92 Å². The number of nitrogens with one attached hydrogen (secondary N) is 3. The van der Waals surface area contributed by atoms with E-state index in [1.54, 1.807) is 0 Å². The quantitative estimate of drug-likeness (QED) is 0.632. The summed E-state index contributed by atoms with van der Waals surface area (Å²) in [6, 6.07) is 3.33. The largest absolute Gasteiger partial charge is 0.382 e. The number of fused-ring (bicyclic) bond motifs is 1. The highest BCUT2D eigenvalue weighted by atomic mass is 15.0. The lowest BCUT2D eigenvalue weighted by Gasteiger charge is -2.27. The third-order valence-corrected chi connectivity index (χ3v) is 6.74. The summed E-state index contributed by atoms with van der Waals surface area (Å²) in [5, 5.41) is 7.44. The molecule has 2 heterocycles. The van der Waals surface area contributed by atoms with Crippen LogP contribution in [0.1, 0.15) is 69.7 Å². The van der Waals surface area contributed by atoms with E-state index in [9.17, 15) is 0 Å². The van der Waals surface area contributed by atoms with Crippen molar-refractivity contribution in [3.05, 3.63) is 29.7 Å². The Bertz CT molecular complexity index is 864. The number of aryl methyl sites for hydroxylation is 1. The molecule has 5 rings (SSSR count). The van der Waals surface area contributed by atoms with Crippen LogP contribution in [0.3, 0.4) is 0 Å². The highest BCUT2D eigenvalue weighted by Crippen LogP contribution is 2.35. The van der Waals surface area contributed by atoms with Crippen LogP contribution in [0.4, 0.5) is 11.5 Å². The van der Waals surface area contributed by atoms with Crippen molar-refractivity contribution in [2.24, 2.45) is 5.92 Å². The number of aromatic nitrogens is 3. The van der Waals surface area contributed by atoms with E-state index in [2.05, 4.69) is 40.8 Å². The lowest BCUT2D eigenvalue weighted by atomic mass is 9.93. The number of imidazole rings is 1. The molecule has 0 bridgehead atoms. The molecular formula is C23H31N5. The average Bonchev–Trinajstić information content (AvgIpc) is 3.31. The van der Waals surface area contributed by atoms with E-state index < -0.39 is 0 Å². The van der Waals surface area contributed by atoms with E-state index in [-0.39, 0.29) is 0 Å². The molecule has 2 saturated carbocycles. The predicted octanol–water partition coefficient (Wildman–Crippen LogP) is 5.39. The van der Waals surface area contributed by atoms with Gasteiger partial charge in [0.25, 0.3) is 0 Å². The van der Waals surface area contributed by atoms with Crippen LogP contribution in [-0.4, -0.2) is 27.0 Å². The fraction of sp³-hybridized carbons (Fsp3) is 0.565. The molecule has 2 aromatic rings. The van der Waals surface area contributed by atoms with Crippen molar-refractivity contribution in [1.29, 1.82) is 0 Å². The summed E-state index contributed by atoms with van der Waals surface area (Å²) < 4.78 is 0. The fourth-order valence-electron chi connectivity index (χ4n) is 4.70. The lowest BCUT2D eigenvalue weighted by molar-refractivity contribution is 0.444. The SMILES string of the molecule is CCC1CCC(Nc2cc(NC3CCC3)ncc2-c2nc3c([nH]2)CCC=C3)C1. The predicted molar refractivity (Wildman–Crippen MR) is 115 cm³/mol. The molecule has 0 radical (unpaired) electrons. The van der Waals surface area contributed by atoms with Crippen LogP contribution in [-0.2, 0) is 6.42 Å². The van der Waals surface area contributed by atoms with Crippen LogP contribution >= 0.6 is 0 Å². The molecule has 28 heavy (non-hydrogen) atoms. The third kappa shape index (κ3) is 3.54. The zero-order valence-corrected chi connectivity index (χ0v) is 16.8. The van der Waals surface area contributed by atoms with E-state index in [0.717, 1.165) is 47.3 Å². The molecule has 2 atom stereocenters. The van der Waals surface area contributed by atoms with Crippen LogP contribution in [0.25, 0.3) is 17.5 Å². The van der Waals surface area contributed by atoms with Crippen molar-refractivity contribution in [3.63, 3.8) is 0 Å². The Morgan fingerprint density at radius 2 is 2.07 bits per heavy atom. The molecule has 3 aliphatic rings. The number of nitrogens with zero attached hydrogens (tertiary/aromatic N) is 2. The van der Waals surface area contributed by atoms with E-state index >= 15 is 0 Å². The monoisotopic (exact) mass is 377 g/mol. The third-order valence-electron chi connectivity index (χ3n) is 6.74. The van der Waals surface area contributed by atoms with E-state index in [4.69, 9.17) is 9.97 Å². The molecule has 0 spiro atoms. The zero-order chi connectivity index (χ0) is 18.9. The van der Waals surface area contributed by atoms with Gasteiger partial charge in [-0.2, -0.15) is 0 Å². The van der Waals surface area contributed by atoms with Crippen LogP contribution in [0.5, 0.6) is 0 Å². The van der Waals surface area contributed by atoms with Gasteiger partial charge in [-0.25, -0.2) is 9.97 Å². The zero-order valence-electron chi connectivity index (χ0n) is 16.8. The minimum absolute atomic E-state index is 0.548. The molecule has 3 aliphatic carbocycles. The van der Waals surface area contributed by atoms with Crippen molar-refractivity contribution in [2.45, 2.75) is 76.8 Å². The molecule has 0 saturated heterocycles. The number of hydrogen-bond donors (Lipinski definition) is 3. The number of pyridine rings is 1. The standard InChI is InChI=1S/C23H31N5/c1-2-15-10-11-17(12-15)25-21-13-22(26-16-6-5-7-16)24-14-18(21)23-27-19-8-3-4-9-20(19)28-23/h3,8,13-17H,2,4-7,9-12H2,1H3,(H,27,28)(H2,24,25,26). The topological polar surface area (TPSA) is 65.6 Å². The number of rotatable bonds is 6. The van der Waals surface area contributed by atoms with Gasteiger partial charge >= 0.3 is 0 Å². The highest BCUT2D eigenvalue weighted by Gasteiger charge is 2.25. The highest BCUT2D eigenvalue weighted by molar-refractivity contribution is 5.76. The van der Waals surface area contributed by atoms with E-state index in [1.165, 1.54) is 50.6 Å². The van der Waals surface area contributed by atoms with Crippen LogP contribution < -0.4 is 10.6 Å². The summed E-state index contributed by atoms with van der Waals surface area (Å²) in [6.45, 7) is 2.31. The Morgan fingerprint density at radius 3 is 2.82 bits per heavy atom. The van der Waals surface area contributed by atoms with Gasteiger partial charge in [-0.15, -0.1) is 0 Å². The smallest absolute Gasteiger partial charge is 0.141 e. The van der Waals surface area contributed by atoms with Gasteiger partial charge in [-0.1, -0.05) is 19.4 Å². The first-order valence-electron chi connectivity index (χ1n) is 11.1. The summed E-state index contributed by atoms with van der Waals surface area (Å²) >= 11 is 0. The lowest BCUT2D eigenvalue weighted by Crippen LogP contribution is -2.27. The van der Waals surface area contributed by atoms with Gasteiger partial charge in [-0.05, 0) is 63.4 Å². The molecule has 3 N–H and O–H groups in total. The first kappa shape index (κ1) is 17.8. The van der Waals surface area contributed by atoms with Gasteiger partial charge in [0.15, 0.2) is 0 Å². The van der Waals surface area contributed by atoms with Gasteiger partial charge < -0.3 is 15.6 Å². The van der Waals surface area contributed by atoms with E-state index in [1.807, 2.05) is 6.20 Å². The second-order valence-corrected chi connectivity index (χ2v) is 8.71. The van der Waals surface area contributed by atoms with Gasteiger partial charge in [0.05, 0.1) is 16.9 Å². The maximum absolute atomic E-state index is 4.86. The van der Waals surface area contributed by atoms with Crippen molar-refractivity contribution in [2.75, 3.05) is 10.6 Å².